The number of nitrogens with zero attached hydrogens (tertiary/aromatic N) is 2. The number of hydrogen-bond donors (Lipinski definition) is 2. The smallest absolute Gasteiger partial charge is 0.409 e. The predicted octanol–water partition coefficient (Wildman–Crippen LogP) is 3.11. The molecule has 1 aromatic carbocycles. The molecule has 0 radical (unpaired) electrons. The Kier molecular flexibility index (Phi) is 9.75. The van der Waals surface area contributed by atoms with Gasteiger partial charge in [0.2, 0.25) is 0 Å². The van der Waals surface area contributed by atoms with Crippen LogP contribution in [0.3, 0.4) is 0 Å². The van der Waals surface area contributed by atoms with Gasteiger partial charge in [0.25, 0.3) is 0 Å². The molecule has 26 heavy (non-hydrogen) atoms. The van der Waals surface area contributed by atoms with Crippen LogP contribution in [-0.4, -0.2) is 56.8 Å². The van der Waals surface area contributed by atoms with Crippen LogP contribution >= 0.6 is 24.0 Å². The Morgan fingerprint density at radius 2 is 1.92 bits per heavy atom. The Hall–Kier alpha value is -1.51. The van der Waals surface area contributed by atoms with E-state index in [-0.39, 0.29) is 30.1 Å². The second kappa shape index (κ2) is 11.3. The number of halogens is 1. The second-order valence-corrected chi connectivity index (χ2v) is 6.64. The average molecular weight is 474 g/mol. The van der Waals surface area contributed by atoms with Crippen molar-refractivity contribution in [3.63, 3.8) is 0 Å². The number of aryl methyl sites for hydroxylation is 1. The van der Waals surface area contributed by atoms with Gasteiger partial charge in [-0.05, 0) is 31.2 Å². The molecule has 1 heterocycles. The summed E-state index contributed by atoms with van der Waals surface area (Å²) < 4.78 is 4.77. The highest BCUT2D eigenvalue weighted by molar-refractivity contribution is 14.0. The molecule has 0 aromatic heterocycles. The molecule has 1 aliphatic heterocycles. The van der Waals surface area contributed by atoms with E-state index < -0.39 is 0 Å². The zero-order chi connectivity index (χ0) is 18.2. The Morgan fingerprint density at radius 3 is 2.46 bits per heavy atom. The average Bonchev–Trinajstić information content (AvgIpc) is 2.65. The third-order valence-electron chi connectivity index (χ3n) is 4.71. The van der Waals surface area contributed by atoms with Crippen LogP contribution in [0.25, 0.3) is 0 Å². The van der Waals surface area contributed by atoms with Gasteiger partial charge in [-0.25, -0.2) is 4.79 Å². The maximum Gasteiger partial charge on any atom is 0.409 e. The molecule has 2 N–H and O–H groups in total. The minimum absolute atomic E-state index is 0. The molecule has 6 nitrogen and oxygen atoms in total. The Labute approximate surface area is 173 Å². The molecule has 0 spiro atoms. The fraction of sp³-hybridized carbons (Fsp3) is 0.579. The fourth-order valence-electron chi connectivity index (χ4n) is 2.99. The Balaban J connectivity index is 0.00000338. The van der Waals surface area contributed by atoms with Crippen LogP contribution in [0.5, 0.6) is 0 Å². The number of methoxy groups -OCH3 is 1. The Morgan fingerprint density at radius 1 is 1.31 bits per heavy atom. The van der Waals surface area contributed by atoms with E-state index >= 15 is 0 Å². The van der Waals surface area contributed by atoms with Gasteiger partial charge in [0.15, 0.2) is 5.96 Å². The van der Waals surface area contributed by atoms with Crippen molar-refractivity contribution >= 4 is 36.0 Å². The summed E-state index contributed by atoms with van der Waals surface area (Å²) in [5, 5.41) is 6.87. The number of piperidine rings is 1. The van der Waals surface area contributed by atoms with Gasteiger partial charge in [-0.3, -0.25) is 4.99 Å². The first-order chi connectivity index (χ1) is 12.0. The van der Waals surface area contributed by atoms with Gasteiger partial charge >= 0.3 is 6.09 Å². The van der Waals surface area contributed by atoms with Crippen LogP contribution < -0.4 is 10.6 Å². The van der Waals surface area contributed by atoms with Crippen molar-refractivity contribution in [3.8, 4) is 0 Å². The highest BCUT2D eigenvalue weighted by Crippen LogP contribution is 2.15. The molecule has 1 atom stereocenters. The second-order valence-electron chi connectivity index (χ2n) is 6.64. The molecule has 146 valence electrons. The molecule has 1 unspecified atom stereocenters. The van der Waals surface area contributed by atoms with Crippen molar-refractivity contribution in [2.45, 2.75) is 38.6 Å². The monoisotopic (exact) mass is 474 g/mol. The standard InChI is InChI=1S/C19H30N4O2.HI/c1-14-5-7-16(8-6-14)15(2)13-21-18(20-3)22-17-9-11-23(12-10-17)19(24)25-4;/h5-8,15,17H,9-13H2,1-4H3,(H2,20,21,22);1H. The third-order valence-corrected chi connectivity index (χ3v) is 4.71. The van der Waals surface area contributed by atoms with Gasteiger partial charge in [-0.1, -0.05) is 36.8 Å². The highest BCUT2D eigenvalue weighted by Gasteiger charge is 2.23. The molecule has 0 saturated carbocycles. The van der Waals surface area contributed by atoms with Gasteiger partial charge in [0.05, 0.1) is 7.11 Å². The van der Waals surface area contributed by atoms with E-state index in [1.54, 1.807) is 11.9 Å². The van der Waals surface area contributed by atoms with Gasteiger partial charge in [-0.15, -0.1) is 24.0 Å². The van der Waals surface area contributed by atoms with Gasteiger partial charge in [0, 0.05) is 32.7 Å². The molecule has 1 fully saturated rings. The number of carbonyl (C=O) groups excluding carboxylic acids is 1. The first kappa shape index (κ1) is 22.5. The van der Waals surface area contributed by atoms with Gasteiger partial charge < -0.3 is 20.3 Å². The lowest BCUT2D eigenvalue weighted by Crippen LogP contribution is -2.50. The first-order valence-electron chi connectivity index (χ1n) is 8.90. The molecular formula is C19H31IN4O2. The van der Waals surface area contributed by atoms with E-state index in [0.717, 1.165) is 25.3 Å². The highest BCUT2D eigenvalue weighted by atomic mass is 127. The number of amides is 1. The maximum absolute atomic E-state index is 11.5. The lowest BCUT2D eigenvalue weighted by molar-refractivity contribution is 0.111. The molecule has 1 saturated heterocycles. The fourth-order valence-corrected chi connectivity index (χ4v) is 2.99. The number of nitrogens with one attached hydrogen (secondary N) is 2. The number of likely N-dealkylation sites (tertiary alicyclic amines) is 1. The topological polar surface area (TPSA) is 66.0 Å². The summed E-state index contributed by atoms with van der Waals surface area (Å²) in [7, 11) is 3.21. The number of benzene rings is 1. The largest absolute Gasteiger partial charge is 0.453 e. The zero-order valence-electron chi connectivity index (χ0n) is 16.1. The number of guanidine groups is 1. The van der Waals surface area contributed by atoms with E-state index in [2.05, 4.69) is 53.7 Å². The van der Waals surface area contributed by atoms with Crippen molar-refractivity contribution in [1.82, 2.24) is 15.5 Å². The lowest BCUT2D eigenvalue weighted by atomic mass is 10.00. The summed E-state index contributed by atoms with van der Waals surface area (Å²) in [5.74, 6) is 1.22. The summed E-state index contributed by atoms with van der Waals surface area (Å²) in [6, 6.07) is 8.98. The van der Waals surface area contributed by atoms with Crippen molar-refractivity contribution < 1.29 is 9.53 Å². The number of aliphatic imine (C=N–C) groups is 1. The number of rotatable bonds is 4. The summed E-state index contributed by atoms with van der Waals surface area (Å²) in [4.78, 5) is 17.6. The zero-order valence-corrected chi connectivity index (χ0v) is 18.4. The molecule has 2 rings (SSSR count). The van der Waals surface area contributed by atoms with Crippen LogP contribution in [0.15, 0.2) is 29.3 Å². The van der Waals surface area contributed by atoms with Crippen LogP contribution in [0.2, 0.25) is 0 Å². The van der Waals surface area contributed by atoms with E-state index in [1.165, 1.54) is 18.2 Å². The lowest BCUT2D eigenvalue weighted by Gasteiger charge is -2.32. The predicted molar refractivity (Wildman–Crippen MR) is 117 cm³/mol. The van der Waals surface area contributed by atoms with Crippen LogP contribution in [0, 0.1) is 6.92 Å². The van der Waals surface area contributed by atoms with Crippen molar-refractivity contribution in [2.75, 3.05) is 33.8 Å². The SMILES string of the molecule is CN=C(NCC(C)c1ccc(C)cc1)NC1CCN(C(=O)OC)CC1.I. The molecule has 0 bridgehead atoms. The number of hydrogen-bond acceptors (Lipinski definition) is 3. The molecular weight excluding hydrogens is 443 g/mol. The van der Waals surface area contributed by atoms with Crippen LogP contribution in [0.4, 0.5) is 4.79 Å². The minimum atomic E-state index is -0.243. The summed E-state index contributed by atoms with van der Waals surface area (Å²) >= 11 is 0. The summed E-state index contributed by atoms with van der Waals surface area (Å²) in [6.07, 6.45) is 1.54. The normalized spacial score (nSPS) is 16.5. The van der Waals surface area contributed by atoms with Gasteiger partial charge in [-0.2, -0.15) is 0 Å². The molecule has 7 heteroatoms. The summed E-state index contributed by atoms with van der Waals surface area (Å²) in [6.45, 7) is 6.55. The van der Waals surface area contributed by atoms with Crippen LogP contribution in [-0.2, 0) is 4.74 Å². The van der Waals surface area contributed by atoms with E-state index in [9.17, 15) is 4.79 Å². The molecule has 0 aliphatic carbocycles. The minimum Gasteiger partial charge on any atom is -0.453 e. The molecule has 1 amide bonds. The van der Waals surface area contributed by atoms with E-state index in [4.69, 9.17) is 4.74 Å². The van der Waals surface area contributed by atoms with Crippen molar-refractivity contribution in [2.24, 2.45) is 4.99 Å². The van der Waals surface area contributed by atoms with E-state index in [0.29, 0.717) is 25.0 Å². The summed E-state index contributed by atoms with van der Waals surface area (Å²) in [5.41, 5.74) is 2.60. The maximum atomic E-state index is 11.5. The van der Waals surface area contributed by atoms with Gasteiger partial charge in [0.1, 0.15) is 0 Å². The quantitative estimate of drug-likeness (QED) is 0.400. The van der Waals surface area contributed by atoms with Crippen LogP contribution in [0.1, 0.15) is 36.8 Å². The molecule has 1 aliphatic rings. The number of ether oxygens (including phenoxy) is 1. The number of carbonyl (C=O) groups is 1. The van der Waals surface area contributed by atoms with Crippen molar-refractivity contribution in [3.05, 3.63) is 35.4 Å². The molecule has 1 aromatic rings. The van der Waals surface area contributed by atoms with E-state index in [1.807, 2.05) is 0 Å². The Bertz CT molecular complexity index is 584. The van der Waals surface area contributed by atoms with Crippen molar-refractivity contribution in [1.29, 1.82) is 0 Å². The third kappa shape index (κ3) is 6.66. The first-order valence-corrected chi connectivity index (χ1v) is 8.90.